The van der Waals surface area contributed by atoms with Crippen LogP contribution in [-0.4, -0.2) is 11.3 Å². The second-order valence-corrected chi connectivity index (χ2v) is 2.76. The molecule has 0 amide bonds. The molecule has 0 saturated heterocycles. The molecule has 0 saturated carbocycles. The number of halogens is 3. The second kappa shape index (κ2) is 4.38. The molecule has 0 aromatic carbocycles. The van der Waals surface area contributed by atoms with Gasteiger partial charge in [0.25, 0.3) is 0 Å². The third-order valence-corrected chi connectivity index (χ3v) is 1.73. The molecule has 0 aromatic rings. The highest BCUT2D eigenvalue weighted by Crippen LogP contribution is 2.29. The van der Waals surface area contributed by atoms with E-state index in [4.69, 9.17) is 5.11 Å². The third kappa shape index (κ3) is 4.26. The zero-order valence-corrected chi connectivity index (χ0v) is 7.15. The molecule has 0 bridgehead atoms. The molecule has 0 radical (unpaired) electrons. The van der Waals surface area contributed by atoms with E-state index in [1.54, 1.807) is 6.92 Å². The summed E-state index contributed by atoms with van der Waals surface area (Å²) in [7, 11) is 0. The van der Waals surface area contributed by atoms with Crippen LogP contribution in [0.3, 0.4) is 0 Å². The van der Waals surface area contributed by atoms with Crippen LogP contribution >= 0.6 is 0 Å². The van der Waals surface area contributed by atoms with E-state index in [1.165, 1.54) is 6.08 Å². The third-order valence-electron chi connectivity index (χ3n) is 1.73. The van der Waals surface area contributed by atoms with Crippen molar-refractivity contribution in [2.75, 3.05) is 0 Å². The first-order valence-electron chi connectivity index (χ1n) is 3.78. The summed E-state index contributed by atoms with van der Waals surface area (Å²) in [6, 6.07) is 0. The van der Waals surface area contributed by atoms with Gasteiger partial charge in [-0.25, -0.2) is 0 Å². The van der Waals surface area contributed by atoms with Crippen LogP contribution in [0.2, 0.25) is 0 Å². The molecular weight excluding hydrogens is 169 g/mol. The Bertz CT molecular complexity index is 160. The van der Waals surface area contributed by atoms with Gasteiger partial charge < -0.3 is 5.11 Å². The van der Waals surface area contributed by atoms with Crippen molar-refractivity contribution in [2.45, 2.75) is 32.9 Å². The lowest BCUT2D eigenvalue weighted by atomic mass is 10.0. The number of aliphatic hydroxyl groups excluding tert-OH is 1. The van der Waals surface area contributed by atoms with Gasteiger partial charge in [-0.05, 0) is 19.4 Å². The van der Waals surface area contributed by atoms with Crippen LogP contribution in [0.15, 0.2) is 11.8 Å². The van der Waals surface area contributed by atoms with E-state index < -0.39 is 12.1 Å². The average molecular weight is 182 g/mol. The van der Waals surface area contributed by atoms with Crippen molar-refractivity contribution in [3.8, 4) is 0 Å². The van der Waals surface area contributed by atoms with Crippen LogP contribution in [0.5, 0.6) is 0 Å². The van der Waals surface area contributed by atoms with Gasteiger partial charge in [-0.2, -0.15) is 13.2 Å². The van der Waals surface area contributed by atoms with Gasteiger partial charge in [0.15, 0.2) is 0 Å². The van der Waals surface area contributed by atoms with Crippen LogP contribution in [0.1, 0.15) is 26.7 Å². The van der Waals surface area contributed by atoms with Gasteiger partial charge in [0.2, 0.25) is 0 Å². The summed E-state index contributed by atoms with van der Waals surface area (Å²) in [5.74, 6) is -1.33. The molecule has 0 aliphatic rings. The molecule has 0 aromatic heterocycles. The van der Waals surface area contributed by atoms with Gasteiger partial charge in [-0.1, -0.05) is 6.92 Å². The summed E-state index contributed by atoms with van der Waals surface area (Å²) < 4.78 is 35.7. The maximum atomic E-state index is 11.9. The summed E-state index contributed by atoms with van der Waals surface area (Å²) in [6.07, 6.45) is -2.70. The number of alkyl halides is 3. The Morgan fingerprint density at radius 2 is 2.00 bits per heavy atom. The Hall–Kier alpha value is -0.670. The monoisotopic (exact) mass is 182 g/mol. The number of allylic oxidation sites excluding steroid dienone is 2. The lowest BCUT2D eigenvalue weighted by Crippen LogP contribution is -2.19. The number of aliphatic hydroxyl groups is 1. The molecule has 1 nitrogen and oxygen atoms in total. The molecule has 0 fully saturated rings. The first kappa shape index (κ1) is 11.3. The predicted octanol–water partition coefficient (Wildman–Crippen LogP) is 3.43. The summed E-state index contributed by atoms with van der Waals surface area (Å²) in [6.45, 7) is 2.70. The van der Waals surface area contributed by atoms with Crippen molar-refractivity contribution >= 4 is 0 Å². The summed E-state index contributed by atoms with van der Waals surface area (Å²) >= 11 is 0. The van der Waals surface area contributed by atoms with Gasteiger partial charge in [0.05, 0.1) is 11.7 Å². The normalized spacial score (nSPS) is 16.2. The molecule has 72 valence electrons. The van der Waals surface area contributed by atoms with Gasteiger partial charge in [-0.3, -0.25) is 0 Å². The Morgan fingerprint density at radius 3 is 2.33 bits per heavy atom. The first-order valence-corrected chi connectivity index (χ1v) is 3.78. The van der Waals surface area contributed by atoms with E-state index in [9.17, 15) is 13.2 Å². The highest BCUT2D eigenvalue weighted by molar-refractivity contribution is 4.87. The van der Waals surface area contributed by atoms with E-state index in [2.05, 4.69) is 0 Å². The van der Waals surface area contributed by atoms with Crippen molar-refractivity contribution in [3.63, 3.8) is 0 Å². The minimum Gasteiger partial charge on any atom is -0.513 e. The van der Waals surface area contributed by atoms with Crippen molar-refractivity contribution in [2.24, 2.45) is 5.92 Å². The van der Waals surface area contributed by atoms with Crippen LogP contribution < -0.4 is 0 Å². The van der Waals surface area contributed by atoms with E-state index in [0.717, 1.165) is 6.92 Å². The SMILES string of the molecule is C/C=C(/O)CCC(C)C(F)(F)F. The fourth-order valence-corrected chi connectivity index (χ4v) is 0.672. The maximum Gasteiger partial charge on any atom is 0.391 e. The fourth-order valence-electron chi connectivity index (χ4n) is 0.672. The van der Waals surface area contributed by atoms with Crippen molar-refractivity contribution in [1.29, 1.82) is 0 Å². The van der Waals surface area contributed by atoms with Gasteiger partial charge in [-0.15, -0.1) is 0 Å². The van der Waals surface area contributed by atoms with Crippen molar-refractivity contribution < 1.29 is 18.3 Å². The minimum absolute atomic E-state index is 0.0195. The maximum absolute atomic E-state index is 11.9. The largest absolute Gasteiger partial charge is 0.513 e. The molecule has 0 heterocycles. The molecule has 4 heteroatoms. The van der Waals surface area contributed by atoms with Crippen LogP contribution in [0, 0.1) is 5.92 Å². The van der Waals surface area contributed by atoms with E-state index in [0.29, 0.717) is 0 Å². The molecule has 0 spiro atoms. The Morgan fingerprint density at radius 1 is 1.50 bits per heavy atom. The molecule has 12 heavy (non-hydrogen) atoms. The lowest BCUT2D eigenvalue weighted by molar-refractivity contribution is -0.171. The van der Waals surface area contributed by atoms with Crippen LogP contribution in [0.4, 0.5) is 13.2 Å². The van der Waals surface area contributed by atoms with E-state index >= 15 is 0 Å². The van der Waals surface area contributed by atoms with Crippen molar-refractivity contribution in [1.82, 2.24) is 0 Å². The van der Waals surface area contributed by atoms with Gasteiger partial charge in [0, 0.05) is 6.42 Å². The summed E-state index contributed by atoms with van der Waals surface area (Å²) in [5.41, 5.74) is 0. The lowest BCUT2D eigenvalue weighted by Gasteiger charge is -2.14. The molecule has 0 aliphatic carbocycles. The van der Waals surface area contributed by atoms with Gasteiger partial charge >= 0.3 is 6.18 Å². The smallest absolute Gasteiger partial charge is 0.391 e. The number of hydrogen-bond donors (Lipinski definition) is 1. The predicted molar refractivity (Wildman–Crippen MR) is 40.8 cm³/mol. The fraction of sp³-hybridized carbons (Fsp3) is 0.750. The first-order chi connectivity index (χ1) is 5.38. The highest BCUT2D eigenvalue weighted by Gasteiger charge is 2.35. The zero-order chi connectivity index (χ0) is 9.78. The minimum atomic E-state index is -4.14. The number of rotatable bonds is 3. The molecule has 0 aliphatic heterocycles. The molecule has 1 atom stereocenters. The van der Waals surface area contributed by atoms with Crippen LogP contribution in [-0.2, 0) is 0 Å². The molecule has 1 N–H and O–H groups in total. The summed E-state index contributed by atoms with van der Waals surface area (Å²) in [5, 5.41) is 8.87. The standard InChI is InChI=1S/C8H13F3O/c1-3-7(12)5-4-6(2)8(9,10)11/h3,6,12H,4-5H2,1-2H3/b7-3+. The molecule has 0 rings (SSSR count). The Kier molecular flexibility index (Phi) is 4.13. The van der Waals surface area contributed by atoms with Crippen LogP contribution in [0.25, 0.3) is 0 Å². The Labute approximate surface area is 69.9 Å². The quantitative estimate of drug-likeness (QED) is 0.663. The van der Waals surface area contributed by atoms with Crippen molar-refractivity contribution in [3.05, 3.63) is 11.8 Å². The van der Waals surface area contributed by atoms with Gasteiger partial charge in [0.1, 0.15) is 0 Å². The molecule has 1 unspecified atom stereocenters. The molecular formula is C8H13F3O. The highest BCUT2D eigenvalue weighted by atomic mass is 19.4. The summed E-state index contributed by atoms with van der Waals surface area (Å²) in [4.78, 5) is 0. The zero-order valence-electron chi connectivity index (χ0n) is 7.15. The van der Waals surface area contributed by atoms with E-state index in [1.807, 2.05) is 0 Å². The van der Waals surface area contributed by atoms with E-state index in [-0.39, 0.29) is 18.6 Å². The number of hydrogen-bond acceptors (Lipinski definition) is 1. The second-order valence-electron chi connectivity index (χ2n) is 2.76. The average Bonchev–Trinajstić information content (AvgIpc) is 1.97. The Balaban J connectivity index is 3.80. The topological polar surface area (TPSA) is 20.2 Å².